The van der Waals surface area contributed by atoms with Gasteiger partial charge in [0.1, 0.15) is 0 Å². The second-order valence-corrected chi connectivity index (χ2v) is 2.15. The molecule has 0 saturated heterocycles. The summed E-state index contributed by atoms with van der Waals surface area (Å²) in [5.74, 6) is 0.380. The maximum Gasteiger partial charge on any atom is 0.152 e. The molecule has 0 radical (unpaired) electrons. The van der Waals surface area contributed by atoms with Gasteiger partial charge in [-0.3, -0.25) is 9.69 Å². The summed E-state index contributed by atoms with van der Waals surface area (Å²) < 4.78 is 0. The van der Waals surface area contributed by atoms with Crippen LogP contribution in [0.15, 0.2) is 0 Å². The number of Topliss-reactive ketones (excluding diaryl/α,β-unsaturated/α-hetero) is 1. The third kappa shape index (κ3) is 0.800. The van der Waals surface area contributed by atoms with E-state index in [-0.39, 0.29) is 6.04 Å². The number of carbonyl (C=O) groups is 1. The largest absolute Gasteiger partial charge is 0.299 e. The molecule has 0 N–H and O–H groups in total. The van der Waals surface area contributed by atoms with E-state index < -0.39 is 0 Å². The molecule has 2 nitrogen and oxygen atoms in total. The van der Waals surface area contributed by atoms with E-state index in [1.54, 1.807) is 0 Å². The van der Waals surface area contributed by atoms with Crippen LogP contribution in [-0.2, 0) is 4.79 Å². The quantitative estimate of drug-likeness (QED) is 0.457. The summed E-state index contributed by atoms with van der Waals surface area (Å²) in [5, 5.41) is 0. The number of likely N-dealkylation sites (N-methyl/N-ethyl adjacent to an activating group) is 1. The van der Waals surface area contributed by atoms with Gasteiger partial charge in [0.2, 0.25) is 0 Å². The Balaban J connectivity index is 2.33. The highest BCUT2D eigenvalue weighted by atomic mass is 16.1. The van der Waals surface area contributed by atoms with Crippen molar-refractivity contribution in [2.45, 2.75) is 12.5 Å². The Morgan fingerprint density at radius 3 is 2.14 bits per heavy atom. The summed E-state index contributed by atoms with van der Waals surface area (Å²) in [4.78, 5) is 12.2. The minimum Gasteiger partial charge on any atom is -0.299 e. The summed E-state index contributed by atoms with van der Waals surface area (Å²) >= 11 is 0. The molecule has 1 unspecified atom stereocenters. The van der Waals surface area contributed by atoms with E-state index >= 15 is 0 Å². The highest BCUT2D eigenvalue weighted by Gasteiger charge is 2.35. The first-order valence-electron chi connectivity index (χ1n) is 2.41. The molecule has 0 heterocycles. The van der Waals surface area contributed by atoms with Crippen molar-refractivity contribution >= 4 is 5.78 Å². The van der Waals surface area contributed by atoms with Crippen LogP contribution in [0.4, 0.5) is 0 Å². The fraction of sp³-hybridized carbons (Fsp3) is 0.800. The van der Waals surface area contributed by atoms with Crippen molar-refractivity contribution in [1.82, 2.24) is 4.90 Å². The van der Waals surface area contributed by atoms with Gasteiger partial charge < -0.3 is 0 Å². The molecule has 2 heteroatoms. The van der Waals surface area contributed by atoms with Gasteiger partial charge in [-0.25, -0.2) is 0 Å². The minimum atomic E-state index is 0.264. The predicted octanol–water partition coefficient (Wildman–Crippen LogP) is -0.111. The van der Waals surface area contributed by atoms with E-state index in [0.717, 1.165) is 6.42 Å². The zero-order valence-electron chi connectivity index (χ0n) is 4.64. The van der Waals surface area contributed by atoms with Gasteiger partial charge in [-0.15, -0.1) is 0 Å². The molecule has 0 spiro atoms. The first kappa shape index (κ1) is 4.78. The summed E-state index contributed by atoms with van der Waals surface area (Å²) in [6, 6.07) is 0.264. The van der Waals surface area contributed by atoms with Gasteiger partial charge in [0.15, 0.2) is 5.78 Å². The molecule has 1 aliphatic rings. The summed E-state index contributed by atoms with van der Waals surface area (Å²) in [6.07, 6.45) is 0.771. The standard InChI is InChI=1S/C5H9NO/c1-6(2)4-3-5(4)7/h4H,3H2,1-2H3. The number of carbonyl (C=O) groups excluding carboxylic acids is 1. The van der Waals surface area contributed by atoms with E-state index in [4.69, 9.17) is 0 Å². The second-order valence-electron chi connectivity index (χ2n) is 2.15. The average Bonchev–Trinajstić information content (AvgIpc) is 2.17. The lowest BCUT2D eigenvalue weighted by atomic mass is 10.6. The Hall–Kier alpha value is -0.370. The van der Waals surface area contributed by atoms with E-state index in [2.05, 4.69) is 0 Å². The molecule has 1 saturated carbocycles. The van der Waals surface area contributed by atoms with Crippen LogP contribution in [0.25, 0.3) is 0 Å². The van der Waals surface area contributed by atoms with Crippen molar-refractivity contribution in [2.24, 2.45) is 0 Å². The molecule has 7 heavy (non-hydrogen) atoms. The van der Waals surface area contributed by atoms with E-state index in [9.17, 15) is 4.79 Å². The number of hydrogen-bond acceptors (Lipinski definition) is 2. The summed E-state index contributed by atoms with van der Waals surface area (Å²) in [6.45, 7) is 0. The SMILES string of the molecule is CN(C)C1CC1=O. The van der Waals surface area contributed by atoms with E-state index in [1.165, 1.54) is 0 Å². The van der Waals surface area contributed by atoms with Crippen molar-refractivity contribution in [3.8, 4) is 0 Å². The molecular formula is C5H9NO. The van der Waals surface area contributed by atoms with Crippen LogP contribution in [0, 0.1) is 0 Å². The maximum absolute atomic E-state index is 10.3. The zero-order chi connectivity index (χ0) is 5.44. The Labute approximate surface area is 43.1 Å². The molecule has 0 amide bonds. The molecule has 1 aliphatic carbocycles. The Kier molecular flexibility index (Phi) is 0.889. The van der Waals surface area contributed by atoms with Crippen LogP contribution in [0.5, 0.6) is 0 Å². The number of ketones is 1. The van der Waals surface area contributed by atoms with E-state index in [0.29, 0.717) is 5.78 Å². The fourth-order valence-electron chi connectivity index (χ4n) is 0.602. The molecular weight excluding hydrogens is 90.1 g/mol. The molecule has 0 aromatic carbocycles. The lowest BCUT2D eigenvalue weighted by Gasteiger charge is -2.01. The van der Waals surface area contributed by atoms with Gasteiger partial charge in [0, 0.05) is 6.42 Å². The Morgan fingerprint density at radius 1 is 1.71 bits per heavy atom. The lowest BCUT2D eigenvalue weighted by molar-refractivity contribution is -0.111. The van der Waals surface area contributed by atoms with Crippen LogP contribution < -0.4 is 0 Å². The molecule has 0 aromatic rings. The smallest absolute Gasteiger partial charge is 0.152 e. The third-order valence-electron chi connectivity index (χ3n) is 1.23. The minimum absolute atomic E-state index is 0.264. The Bertz CT molecular complexity index is 98.3. The molecule has 0 aliphatic heterocycles. The molecule has 0 bridgehead atoms. The summed E-state index contributed by atoms with van der Waals surface area (Å²) in [7, 11) is 3.85. The predicted molar refractivity (Wildman–Crippen MR) is 27.1 cm³/mol. The normalized spacial score (nSPS) is 29.0. The van der Waals surface area contributed by atoms with Crippen LogP contribution in [0.2, 0.25) is 0 Å². The van der Waals surface area contributed by atoms with Crippen molar-refractivity contribution in [2.75, 3.05) is 14.1 Å². The van der Waals surface area contributed by atoms with Crippen molar-refractivity contribution in [3.63, 3.8) is 0 Å². The van der Waals surface area contributed by atoms with E-state index in [1.807, 2.05) is 19.0 Å². The van der Waals surface area contributed by atoms with Crippen molar-refractivity contribution < 1.29 is 4.79 Å². The first-order chi connectivity index (χ1) is 3.22. The van der Waals surface area contributed by atoms with Gasteiger partial charge in [-0.1, -0.05) is 0 Å². The van der Waals surface area contributed by atoms with Crippen molar-refractivity contribution in [1.29, 1.82) is 0 Å². The Morgan fingerprint density at radius 2 is 2.14 bits per heavy atom. The van der Waals surface area contributed by atoms with Crippen LogP contribution in [0.3, 0.4) is 0 Å². The topological polar surface area (TPSA) is 20.3 Å². The fourth-order valence-corrected chi connectivity index (χ4v) is 0.602. The van der Waals surface area contributed by atoms with Crippen LogP contribution >= 0.6 is 0 Å². The van der Waals surface area contributed by atoms with Gasteiger partial charge in [0.05, 0.1) is 6.04 Å². The van der Waals surface area contributed by atoms with Crippen LogP contribution in [0.1, 0.15) is 6.42 Å². The van der Waals surface area contributed by atoms with Gasteiger partial charge in [-0.2, -0.15) is 0 Å². The average molecular weight is 99.1 g/mol. The van der Waals surface area contributed by atoms with Gasteiger partial charge in [0.25, 0.3) is 0 Å². The van der Waals surface area contributed by atoms with Gasteiger partial charge in [-0.05, 0) is 14.1 Å². The molecule has 1 atom stereocenters. The monoisotopic (exact) mass is 99.1 g/mol. The molecule has 0 aromatic heterocycles. The zero-order valence-corrected chi connectivity index (χ0v) is 4.64. The number of nitrogens with zero attached hydrogens (tertiary/aromatic N) is 1. The lowest BCUT2D eigenvalue weighted by Crippen LogP contribution is -2.15. The highest BCUT2D eigenvalue weighted by Crippen LogP contribution is 2.17. The van der Waals surface area contributed by atoms with Gasteiger partial charge >= 0.3 is 0 Å². The van der Waals surface area contributed by atoms with Crippen LogP contribution in [-0.4, -0.2) is 30.8 Å². The third-order valence-corrected chi connectivity index (χ3v) is 1.23. The maximum atomic E-state index is 10.3. The number of rotatable bonds is 1. The highest BCUT2D eigenvalue weighted by molar-refractivity contribution is 5.99. The molecule has 40 valence electrons. The second kappa shape index (κ2) is 1.30. The van der Waals surface area contributed by atoms with Crippen molar-refractivity contribution in [3.05, 3.63) is 0 Å². The molecule has 1 fully saturated rings. The molecule has 1 rings (SSSR count). The number of hydrogen-bond donors (Lipinski definition) is 0. The summed E-state index contributed by atoms with van der Waals surface area (Å²) in [5.41, 5.74) is 0. The first-order valence-corrected chi connectivity index (χ1v) is 2.41.